The first kappa shape index (κ1) is 34.5. The van der Waals surface area contributed by atoms with Crippen molar-refractivity contribution in [3.63, 3.8) is 0 Å². The van der Waals surface area contributed by atoms with Crippen LogP contribution in [0.15, 0.2) is 59.4 Å². The van der Waals surface area contributed by atoms with Gasteiger partial charge in [-0.1, -0.05) is 18.1 Å². The number of carboxylic acid groups (broad SMARTS) is 1. The minimum atomic E-state index is -4.81. The topological polar surface area (TPSA) is 145 Å². The molecule has 46 heavy (non-hydrogen) atoms. The van der Waals surface area contributed by atoms with Crippen LogP contribution < -0.4 is 39.4 Å². The number of imidazole rings is 1. The normalized spacial score (nSPS) is 12.0. The van der Waals surface area contributed by atoms with Crippen molar-refractivity contribution in [2.45, 2.75) is 32.0 Å². The fourth-order valence-electron chi connectivity index (χ4n) is 4.28. The van der Waals surface area contributed by atoms with Gasteiger partial charge in [-0.15, -0.1) is 0 Å². The quantitative estimate of drug-likeness (QED) is 0.117. The fourth-order valence-corrected chi connectivity index (χ4v) is 4.28. The number of nitrogens with zero attached hydrogens (tertiary/aromatic N) is 5. The van der Waals surface area contributed by atoms with E-state index in [1.165, 1.54) is 24.4 Å². The zero-order valence-corrected chi connectivity index (χ0v) is 26.2. The average Bonchev–Trinajstić information content (AvgIpc) is 3.64. The molecule has 234 valence electrons. The van der Waals surface area contributed by atoms with Crippen LogP contribution >= 0.6 is 0 Å². The van der Waals surface area contributed by atoms with Crippen LogP contribution in [0.1, 0.15) is 37.1 Å². The predicted octanol–water partition coefficient (Wildman–Crippen LogP) is 1.46. The first-order chi connectivity index (χ1) is 21.5. The van der Waals surface area contributed by atoms with E-state index in [0.29, 0.717) is 6.42 Å². The maximum atomic E-state index is 14.4. The number of hydrogen-bond acceptors (Lipinski definition) is 10. The third-order valence-corrected chi connectivity index (χ3v) is 6.36. The number of aliphatic carboxylic acids is 1. The Balaban J connectivity index is 0.00000480. The molecule has 0 fully saturated rings. The molecule has 5 rings (SSSR count). The Kier molecular flexibility index (Phi) is 10.7. The Morgan fingerprint density at radius 2 is 1.78 bits per heavy atom. The molecule has 17 heteroatoms. The maximum absolute atomic E-state index is 14.4. The molecule has 0 aliphatic carbocycles. The second kappa shape index (κ2) is 14.3. The SMILES string of the molecule is CCCOc1ccc(-c2cc(C(C(=O)OCCC(=O)[O-])n3cc4nc(-c5cccc(F)c5F)nc-4cn3)on2)c(C(F)(F)F)c1.[Na+]. The van der Waals surface area contributed by atoms with Crippen molar-refractivity contribution in [3.8, 4) is 39.8 Å². The molecule has 1 unspecified atom stereocenters. The van der Waals surface area contributed by atoms with Gasteiger partial charge in [0.25, 0.3) is 0 Å². The van der Waals surface area contributed by atoms with Gasteiger partial charge in [-0.05, 0) is 36.8 Å². The van der Waals surface area contributed by atoms with Crippen LogP contribution in [-0.4, -0.2) is 50.1 Å². The van der Waals surface area contributed by atoms with Crippen molar-refractivity contribution in [2.24, 2.45) is 0 Å². The molecule has 0 bridgehead atoms. The molecule has 0 N–H and O–H groups in total. The number of ether oxygens (including phenoxy) is 2. The number of aromatic nitrogens is 5. The minimum Gasteiger partial charge on any atom is -0.550 e. The molecule has 1 atom stereocenters. The third-order valence-electron chi connectivity index (χ3n) is 6.36. The molecule has 3 heterocycles. The Bertz CT molecular complexity index is 1830. The summed E-state index contributed by atoms with van der Waals surface area (Å²) < 4.78 is 86.8. The molecule has 2 aliphatic rings. The van der Waals surface area contributed by atoms with Crippen LogP contribution in [0, 0.1) is 11.6 Å². The van der Waals surface area contributed by atoms with Gasteiger partial charge in [0.2, 0.25) is 6.04 Å². The molecular weight excluding hydrogens is 632 g/mol. The van der Waals surface area contributed by atoms with Crippen LogP contribution in [0.25, 0.3) is 34.0 Å². The number of alkyl halides is 3. The molecule has 0 radical (unpaired) electrons. The van der Waals surface area contributed by atoms with Crippen molar-refractivity contribution in [1.29, 1.82) is 0 Å². The molecular formula is C29H21F5N5NaO6. The molecule has 11 nitrogen and oxygen atoms in total. The van der Waals surface area contributed by atoms with E-state index in [4.69, 9.17) is 14.0 Å². The van der Waals surface area contributed by atoms with E-state index in [2.05, 4.69) is 20.2 Å². The van der Waals surface area contributed by atoms with Crippen LogP contribution in [0.3, 0.4) is 0 Å². The van der Waals surface area contributed by atoms with E-state index in [9.17, 15) is 36.6 Å². The number of carboxylic acids is 1. The molecule has 0 saturated heterocycles. The number of hydrogen-bond donors (Lipinski definition) is 0. The first-order valence-corrected chi connectivity index (χ1v) is 13.3. The first-order valence-electron chi connectivity index (χ1n) is 13.3. The summed E-state index contributed by atoms with van der Waals surface area (Å²) in [5, 5.41) is 18.7. The summed E-state index contributed by atoms with van der Waals surface area (Å²) in [6.07, 6.45) is -2.53. The zero-order valence-electron chi connectivity index (χ0n) is 24.2. The number of carbonyl (C=O) groups is 2. The monoisotopic (exact) mass is 653 g/mol. The number of halogens is 5. The number of fused-ring (bicyclic) bond motifs is 1. The van der Waals surface area contributed by atoms with Gasteiger partial charge in [-0.2, -0.15) is 18.3 Å². The second-order valence-corrected chi connectivity index (χ2v) is 9.53. The van der Waals surface area contributed by atoms with E-state index >= 15 is 0 Å². The summed E-state index contributed by atoms with van der Waals surface area (Å²) in [5.74, 6) is -5.41. The van der Waals surface area contributed by atoms with Gasteiger partial charge < -0.3 is 23.9 Å². The minimum absolute atomic E-state index is 0. The van der Waals surface area contributed by atoms with Crippen LogP contribution in [0.4, 0.5) is 22.0 Å². The Hall–Kier alpha value is -4.41. The van der Waals surface area contributed by atoms with Crippen LogP contribution in [0.2, 0.25) is 0 Å². The smallest absolute Gasteiger partial charge is 0.550 e. The summed E-state index contributed by atoms with van der Waals surface area (Å²) in [7, 11) is 0. The molecule has 2 aromatic carbocycles. The Morgan fingerprint density at radius 1 is 1.02 bits per heavy atom. The fraction of sp³-hybridized carbons (Fsp3) is 0.241. The van der Waals surface area contributed by atoms with Gasteiger partial charge in [0, 0.05) is 24.0 Å². The van der Waals surface area contributed by atoms with Crippen molar-refractivity contribution >= 4 is 11.9 Å². The van der Waals surface area contributed by atoms with Gasteiger partial charge in [0.1, 0.15) is 22.8 Å². The van der Waals surface area contributed by atoms with Gasteiger partial charge in [-0.25, -0.2) is 28.2 Å². The molecule has 0 amide bonds. The number of benzene rings is 2. The van der Waals surface area contributed by atoms with E-state index in [-0.39, 0.29) is 81.7 Å². The number of carbonyl (C=O) groups excluding carboxylic acids is 2. The van der Waals surface area contributed by atoms with Crippen LogP contribution in [0.5, 0.6) is 5.75 Å². The van der Waals surface area contributed by atoms with Crippen molar-refractivity contribution < 1.29 is 80.2 Å². The molecule has 3 aromatic rings. The largest absolute Gasteiger partial charge is 1.00 e. The summed E-state index contributed by atoms with van der Waals surface area (Å²) in [6, 6.07) is 6.19. The van der Waals surface area contributed by atoms with Gasteiger partial charge in [0.05, 0.1) is 36.7 Å². The van der Waals surface area contributed by atoms with Crippen molar-refractivity contribution in [1.82, 2.24) is 24.9 Å². The summed E-state index contributed by atoms with van der Waals surface area (Å²) >= 11 is 0. The van der Waals surface area contributed by atoms with Gasteiger partial charge >= 0.3 is 41.7 Å². The van der Waals surface area contributed by atoms with Gasteiger partial charge in [0.15, 0.2) is 23.2 Å². The van der Waals surface area contributed by atoms with E-state index in [1.54, 1.807) is 6.92 Å². The molecule has 0 spiro atoms. The molecule has 0 saturated carbocycles. The Morgan fingerprint density at radius 3 is 2.50 bits per heavy atom. The number of esters is 1. The van der Waals surface area contributed by atoms with Crippen LogP contribution in [-0.2, 0) is 20.5 Å². The zero-order chi connectivity index (χ0) is 32.3. The second-order valence-electron chi connectivity index (χ2n) is 9.53. The summed E-state index contributed by atoms with van der Waals surface area (Å²) in [5.41, 5.74) is -1.76. The number of rotatable bonds is 11. The maximum Gasteiger partial charge on any atom is 1.00 e. The predicted molar refractivity (Wildman–Crippen MR) is 141 cm³/mol. The average molecular weight is 653 g/mol. The molecule has 2 aliphatic heterocycles. The Labute approximate surface area is 279 Å². The summed E-state index contributed by atoms with van der Waals surface area (Å²) in [6.45, 7) is 1.40. The van der Waals surface area contributed by atoms with E-state index < -0.39 is 54.4 Å². The summed E-state index contributed by atoms with van der Waals surface area (Å²) in [4.78, 5) is 32.3. The van der Waals surface area contributed by atoms with Crippen molar-refractivity contribution in [3.05, 3.63) is 77.8 Å². The standard InChI is InChI=1S/C29H22F5N5O6.Na/c1-2-9-43-15-6-7-16(18(11-15)29(32,33)34)20-12-23(45-38-20)26(28(42)44-10-8-24(40)41)39-14-22-21(13-35-39)36-27(37-22)17-4-3-5-19(30)25(17)31;/h3-7,11-14,26H,2,8-10H2,1H3,(H,40,41);/q;+1/p-1. The van der Waals surface area contributed by atoms with E-state index in [0.717, 1.165) is 35.1 Å². The third kappa shape index (κ3) is 7.51. The molecule has 1 aromatic heterocycles. The van der Waals surface area contributed by atoms with Crippen molar-refractivity contribution in [2.75, 3.05) is 13.2 Å². The van der Waals surface area contributed by atoms with E-state index in [1.807, 2.05) is 0 Å². The van der Waals surface area contributed by atoms with Gasteiger partial charge in [-0.3, -0.25) is 0 Å².